The maximum atomic E-state index is 15.6. The van der Waals surface area contributed by atoms with Crippen LogP contribution in [0.5, 0.6) is 0 Å². The number of benzene rings is 2. The van der Waals surface area contributed by atoms with Gasteiger partial charge in [0.05, 0.1) is 61.2 Å². The number of carboxylic acid groups (broad SMARTS) is 1. The lowest BCUT2D eigenvalue weighted by Crippen LogP contribution is -2.56. The first-order valence-corrected chi connectivity index (χ1v) is 26.8. The predicted molar refractivity (Wildman–Crippen MR) is 285 cm³/mol. The Morgan fingerprint density at radius 2 is 1.56 bits per heavy atom. The van der Waals surface area contributed by atoms with Crippen molar-refractivity contribution in [1.29, 1.82) is 0 Å². The minimum Gasteiger partial charge on any atom is -0.480 e. The molecule has 25 nitrogen and oxygen atoms in total. The van der Waals surface area contributed by atoms with Gasteiger partial charge in [-0.05, 0) is 66.8 Å². The largest absolute Gasteiger partial charge is 0.480 e. The van der Waals surface area contributed by atoms with Crippen LogP contribution in [0.1, 0.15) is 84.0 Å². The third-order valence-corrected chi connectivity index (χ3v) is 15.5. The number of carboxylic acids is 1. The topological polar surface area (TPSA) is 343 Å². The van der Waals surface area contributed by atoms with Crippen LogP contribution in [0.2, 0.25) is 0 Å². The van der Waals surface area contributed by atoms with Gasteiger partial charge in [0, 0.05) is 54.7 Å². The lowest BCUT2D eigenvalue weighted by molar-refractivity contribution is -0.172. The average molecular weight is 1130 g/mol. The highest BCUT2D eigenvalue weighted by Gasteiger charge is 2.47. The second kappa shape index (κ2) is 24.1. The number of imide groups is 1. The van der Waals surface area contributed by atoms with Gasteiger partial charge in [-0.2, -0.15) is 0 Å². The molecule has 82 heavy (non-hydrogen) atoms. The highest BCUT2D eigenvalue weighted by molar-refractivity contribution is 6.15. The molecule has 5 atom stereocenters. The molecule has 0 saturated heterocycles. The fourth-order valence-electron chi connectivity index (χ4n) is 10.9. The maximum absolute atomic E-state index is 15.6. The number of nitrogens with zero attached hydrogens (tertiary/aromatic N) is 4. The summed E-state index contributed by atoms with van der Waals surface area (Å²) >= 11 is 0. The lowest BCUT2D eigenvalue weighted by atomic mass is 9.81. The Balaban J connectivity index is 0.823. The molecule has 3 aliphatic heterocycles. The van der Waals surface area contributed by atoms with Crippen molar-refractivity contribution < 1.29 is 72.0 Å². The molecular weight excluding hydrogens is 1070 g/mol. The monoisotopic (exact) mass is 1130 g/mol. The van der Waals surface area contributed by atoms with Crippen molar-refractivity contribution in [2.45, 2.75) is 102 Å². The number of rotatable bonds is 24. The smallest absolute Gasteiger partial charge is 0.343 e. The first-order valence-electron chi connectivity index (χ1n) is 26.8. The Hall–Kier alpha value is -8.75. The molecule has 26 heteroatoms. The molecule has 5 aliphatic rings. The molecule has 0 radical (unpaired) electrons. The summed E-state index contributed by atoms with van der Waals surface area (Å²) < 4.78 is 28.5. The van der Waals surface area contributed by atoms with Crippen LogP contribution in [0.15, 0.2) is 59.4 Å². The van der Waals surface area contributed by atoms with Crippen molar-refractivity contribution in [1.82, 2.24) is 51.3 Å². The summed E-state index contributed by atoms with van der Waals surface area (Å²) in [5.74, 6) is -8.57. The molecule has 2 aromatic heterocycles. The number of carbonyl (C=O) groups is 10. The molecule has 1 fully saturated rings. The van der Waals surface area contributed by atoms with E-state index >= 15 is 4.39 Å². The molecule has 8 amide bonds. The molecule has 0 spiro atoms. The number of ether oxygens (including phenoxy) is 2. The number of fused-ring (bicyclic) bond motifs is 5. The van der Waals surface area contributed by atoms with E-state index in [0.717, 1.165) is 30.6 Å². The van der Waals surface area contributed by atoms with Gasteiger partial charge in [0.1, 0.15) is 37.3 Å². The second-order valence-electron chi connectivity index (χ2n) is 20.8. The predicted octanol–water partition coefficient (Wildman–Crippen LogP) is -0.724. The van der Waals surface area contributed by atoms with E-state index in [-0.39, 0.29) is 43.0 Å². The van der Waals surface area contributed by atoms with Crippen LogP contribution in [0.3, 0.4) is 0 Å². The summed E-state index contributed by atoms with van der Waals surface area (Å²) in [6.07, 6.45) is 3.60. The summed E-state index contributed by atoms with van der Waals surface area (Å²) in [5, 5.41) is 35.7. The number of pyridine rings is 2. The fourth-order valence-corrected chi connectivity index (χ4v) is 10.9. The summed E-state index contributed by atoms with van der Waals surface area (Å²) in [6, 6.07) is 8.15. The number of aliphatic hydroxyl groups is 1. The SMILES string of the molecule is CC[C@@]1(O)C(=O)OCc2c1cc1n(c2=O)Cc2c-1nc1cc(F)c(C)c3c1c2[C@@H](N(C)C(=O)[C@@H](CC1CC1)OCNC(=O)CNC(=O)[C@H](Cc1ccccc1)NC(=O)CNC(=O)CNC(=O)[C@@H](CNCC(=O)O)N1C(=O)C=CC1=O)CC3. The molecule has 432 valence electrons. The zero-order valence-electron chi connectivity index (χ0n) is 45.1. The van der Waals surface area contributed by atoms with Crippen molar-refractivity contribution in [2.75, 3.05) is 46.5 Å². The number of hydrogen-bond acceptors (Lipinski definition) is 16. The van der Waals surface area contributed by atoms with E-state index in [2.05, 4.69) is 31.9 Å². The quantitative estimate of drug-likeness (QED) is 0.0215. The summed E-state index contributed by atoms with van der Waals surface area (Å²) in [4.78, 5) is 150. The summed E-state index contributed by atoms with van der Waals surface area (Å²) in [6.45, 7) is -0.395. The van der Waals surface area contributed by atoms with Crippen molar-refractivity contribution in [2.24, 2.45) is 5.92 Å². The van der Waals surface area contributed by atoms with Gasteiger partial charge in [-0.3, -0.25) is 52.8 Å². The highest BCUT2D eigenvalue weighted by atomic mass is 19.1. The zero-order chi connectivity index (χ0) is 58.7. The third-order valence-electron chi connectivity index (χ3n) is 15.5. The first-order chi connectivity index (χ1) is 39.2. The van der Waals surface area contributed by atoms with Crippen LogP contribution in [0.4, 0.5) is 4.39 Å². The molecule has 4 aromatic rings. The van der Waals surface area contributed by atoms with E-state index in [1.807, 2.05) is 0 Å². The van der Waals surface area contributed by atoms with Gasteiger partial charge in [-0.25, -0.2) is 14.2 Å². The molecule has 0 unspecified atom stereocenters. The number of carbonyl (C=O) groups excluding carboxylic acids is 9. The van der Waals surface area contributed by atoms with Crippen LogP contribution in [0.25, 0.3) is 22.3 Å². The second-order valence-corrected chi connectivity index (χ2v) is 20.8. The fraction of sp³-hybridized carbons (Fsp3) is 0.429. The molecule has 2 aliphatic carbocycles. The maximum Gasteiger partial charge on any atom is 0.343 e. The van der Waals surface area contributed by atoms with E-state index in [0.29, 0.717) is 68.7 Å². The van der Waals surface area contributed by atoms with Crippen molar-refractivity contribution in [3.8, 4) is 11.4 Å². The zero-order valence-corrected chi connectivity index (χ0v) is 45.1. The van der Waals surface area contributed by atoms with Gasteiger partial charge in [0.15, 0.2) is 5.60 Å². The van der Waals surface area contributed by atoms with Gasteiger partial charge in [-0.1, -0.05) is 50.1 Å². The Bertz CT molecular complexity index is 3400. The van der Waals surface area contributed by atoms with E-state index in [9.17, 15) is 57.8 Å². The number of amides is 8. The first kappa shape index (κ1) is 57.9. The van der Waals surface area contributed by atoms with Crippen molar-refractivity contribution in [3.05, 3.63) is 110 Å². The number of hydrogen-bond donors (Lipinski definition) is 8. The number of halogens is 1. The van der Waals surface area contributed by atoms with Gasteiger partial charge >= 0.3 is 11.9 Å². The van der Waals surface area contributed by atoms with E-state index in [4.69, 9.17) is 19.6 Å². The van der Waals surface area contributed by atoms with E-state index in [1.165, 1.54) is 10.6 Å². The number of nitrogens with one attached hydrogen (secondary N) is 6. The normalized spacial score (nSPS) is 18.6. The number of esters is 1. The van der Waals surface area contributed by atoms with Crippen LogP contribution in [0, 0.1) is 18.7 Å². The number of aryl methyl sites for hydroxylation is 1. The number of cyclic esters (lactones) is 1. The molecular formula is C56H61FN10O15. The molecule has 8 N–H and O–H groups in total. The van der Waals surface area contributed by atoms with Gasteiger partial charge < -0.3 is 61.1 Å². The van der Waals surface area contributed by atoms with Crippen LogP contribution in [-0.2, 0) is 89.0 Å². The summed E-state index contributed by atoms with van der Waals surface area (Å²) in [7, 11) is 1.65. The summed E-state index contributed by atoms with van der Waals surface area (Å²) in [5.41, 5.74) is 1.84. The minimum absolute atomic E-state index is 0.0309. The van der Waals surface area contributed by atoms with Crippen molar-refractivity contribution in [3.63, 3.8) is 0 Å². The Morgan fingerprint density at radius 1 is 0.878 bits per heavy atom. The number of aromatic nitrogens is 2. The number of aliphatic carboxylic acids is 1. The van der Waals surface area contributed by atoms with Crippen LogP contribution < -0.4 is 37.5 Å². The van der Waals surface area contributed by atoms with Crippen molar-refractivity contribution >= 4 is 70.1 Å². The van der Waals surface area contributed by atoms with E-state index < -0.39 is 140 Å². The lowest BCUT2D eigenvalue weighted by Gasteiger charge is -2.36. The average Bonchev–Trinajstić information content (AvgIpc) is 4.20. The Morgan fingerprint density at radius 3 is 2.24 bits per heavy atom. The Labute approximate surface area is 467 Å². The van der Waals surface area contributed by atoms with Gasteiger partial charge in [0.2, 0.25) is 29.5 Å². The van der Waals surface area contributed by atoms with Crippen LogP contribution >= 0.6 is 0 Å². The molecule has 2 aromatic carbocycles. The molecule has 5 heterocycles. The van der Waals surface area contributed by atoms with E-state index in [1.54, 1.807) is 62.2 Å². The number of likely N-dealkylation sites (N-methyl/N-ethyl adjacent to an activating group) is 1. The Kier molecular flexibility index (Phi) is 17.1. The molecule has 9 rings (SSSR count). The minimum atomic E-state index is -2.07. The molecule has 0 bridgehead atoms. The highest BCUT2D eigenvalue weighted by Crippen LogP contribution is 2.48. The standard InChI is InChI=1S/C56H61FN10O15/c1-4-56(80)34-18-39-50-32(25-66(39)53(77)33(34)26-81-55(56)79)49-38(13-12-31-28(2)35(57)19-36(64-50)48(31)49)65(3)54(78)41(17-30-10-11-30)82-27-62-43(69)22-60-51(75)37(16-29-8-6-5-7-9-29)63-44(70)23-59-42(68)21-61-52(76)40(20-58-24-47(73)74)67-45(71)14-15-46(67)72/h5-9,14-15,18-19,30,37-38,40-41,58,80H,4,10-13,16-17,20-27H2,1-3H3,(H,59,68)(H,60,75)(H,61,76)(H,62,69)(H,63,70)(H,73,74)/t37-,38-,40+,41+,56-/m0/s1. The van der Waals surface area contributed by atoms with Gasteiger partial charge in [-0.15, -0.1) is 0 Å². The van der Waals surface area contributed by atoms with Gasteiger partial charge in [0.25, 0.3) is 23.3 Å². The third kappa shape index (κ3) is 12.0. The van der Waals surface area contributed by atoms with Crippen LogP contribution in [-0.4, -0.2) is 153 Å². The molecule has 1 saturated carbocycles.